The van der Waals surface area contributed by atoms with E-state index in [0.717, 1.165) is 53.5 Å². The summed E-state index contributed by atoms with van der Waals surface area (Å²) in [4.78, 5) is 30.3. The van der Waals surface area contributed by atoms with Gasteiger partial charge in [0.05, 0.1) is 70.8 Å². The number of carbonyl (C=O) groups is 2. The molecule has 4 aliphatic rings. The summed E-state index contributed by atoms with van der Waals surface area (Å²) in [6, 6.07) is 19.2. The Labute approximate surface area is 470 Å². The van der Waals surface area contributed by atoms with Crippen LogP contribution < -0.4 is 21.3 Å². The molecule has 0 fully saturated rings. The molecule has 2 atom stereocenters. The number of carbonyl (C=O) groups excluding carboxylic acids is 2. The van der Waals surface area contributed by atoms with Gasteiger partial charge in [0.25, 0.3) is 10.0 Å². The summed E-state index contributed by atoms with van der Waals surface area (Å²) in [7, 11) is 0.401. The summed E-state index contributed by atoms with van der Waals surface area (Å²) in [6.45, 7) is 8.49. The van der Waals surface area contributed by atoms with Crippen molar-refractivity contribution in [1.29, 1.82) is 0 Å². The molecule has 0 spiro atoms. The van der Waals surface area contributed by atoms with Gasteiger partial charge in [-0.1, -0.05) is 58.5 Å². The third-order valence-corrected chi connectivity index (χ3v) is 17.5. The summed E-state index contributed by atoms with van der Waals surface area (Å²) in [6.07, 6.45) is 9.02. The molecule has 8 rings (SSSR count). The zero-order valence-corrected chi connectivity index (χ0v) is 47.4. The minimum Gasteiger partial charge on any atom is -0.377 e. The standard InChI is InChI=1S/C54H66Cl4N8O8S2/c1-63-33-45(43-29-41(55)31-49(57)47(43)35-63)37-5-7-51-39(27-37)9-15-65(75-51)17-21-73-25-23-71-19-13-61-53(67)59-11-3-4-12-60-54(68)62-14-20-72-24-26-74-22-18-66-16-10-40-28-38(6-8-52(40)76(66,69)70)46-34-64(2)36-48-44(46)30-42(56)32-50(48)58/h5-10,15-16,27-32,45-46H,3-4,11-14,17-26,33-36H2,1-2H3,(H2,59,61,67)(H2,60,62,68). The van der Waals surface area contributed by atoms with Gasteiger partial charge in [-0.15, -0.1) is 0 Å². The van der Waals surface area contributed by atoms with Crippen LogP contribution in [-0.4, -0.2) is 158 Å². The Balaban J connectivity index is 0.585. The molecular weight excluding hydrogens is 1090 g/mol. The maximum Gasteiger partial charge on any atom is 0.314 e. The molecule has 4 aliphatic heterocycles. The predicted molar refractivity (Wildman–Crippen MR) is 302 cm³/mol. The number of sulfonamides is 1. The average molecular weight is 1160 g/mol. The quantitative estimate of drug-likeness (QED) is 0.0369. The first-order valence-corrected chi connectivity index (χ1v) is 29.2. The highest BCUT2D eigenvalue weighted by atomic mass is 35.5. The van der Waals surface area contributed by atoms with Crippen LogP contribution in [0.5, 0.6) is 0 Å². The van der Waals surface area contributed by atoms with Crippen LogP contribution in [0.2, 0.25) is 20.1 Å². The second-order valence-corrected chi connectivity index (χ2v) is 23.6. The maximum atomic E-state index is 13.5. The molecule has 0 saturated heterocycles. The van der Waals surface area contributed by atoms with Crippen molar-refractivity contribution in [3.05, 3.63) is 138 Å². The van der Waals surface area contributed by atoms with Crippen LogP contribution in [0.15, 0.2) is 82.9 Å². The molecule has 4 N–H and O–H groups in total. The fraction of sp³-hybridized carbons (Fsp3) is 0.444. The molecule has 2 unspecified atom stereocenters. The van der Waals surface area contributed by atoms with E-state index in [1.54, 1.807) is 30.3 Å². The molecule has 0 aromatic heterocycles. The van der Waals surface area contributed by atoms with E-state index in [4.69, 9.17) is 65.4 Å². The number of benzene rings is 4. The zero-order valence-electron chi connectivity index (χ0n) is 42.8. The van der Waals surface area contributed by atoms with E-state index in [1.165, 1.54) is 25.9 Å². The Hall–Kier alpha value is -4.28. The van der Waals surface area contributed by atoms with Gasteiger partial charge in [-0.2, -0.15) is 0 Å². The number of nitrogens with zero attached hydrogens (tertiary/aromatic N) is 4. The molecule has 410 valence electrons. The third kappa shape index (κ3) is 15.7. The van der Waals surface area contributed by atoms with Crippen LogP contribution in [0.25, 0.3) is 12.2 Å². The minimum absolute atomic E-state index is 0.00634. The molecule has 0 saturated carbocycles. The molecular formula is C54H66Cl4N8O8S2. The van der Waals surface area contributed by atoms with Crippen LogP contribution in [0, 0.1) is 0 Å². The van der Waals surface area contributed by atoms with E-state index in [2.05, 4.69) is 79.0 Å². The molecule has 16 nitrogen and oxygen atoms in total. The molecule has 0 aliphatic carbocycles. The van der Waals surface area contributed by atoms with Gasteiger partial charge in [0, 0.05) is 102 Å². The molecule has 76 heavy (non-hydrogen) atoms. The van der Waals surface area contributed by atoms with Crippen LogP contribution in [-0.2, 0) is 42.1 Å². The lowest BCUT2D eigenvalue weighted by molar-refractivity contribution is 0.0479. The van der Waals surface area contributed by atoms with Crippen molar-refractivity contribution in [3.8, 4) is 0 Å². The molecule has 0 radical (unpaired) electrons. The van der Waals surface area contributed by atoms with Crippen LogP contribution in [0.1, 0.15) is 69.2 Å². The summed E-state index contributed by atoms with van der Waals surface area (Å²) in [5.41, 5.74) is 8.51. The van der Waals surface area contributed by atoms with E-state index in [1.807, 2.05) is 37.4 Å². The van der Waals surface area contributed by atoms with Gasteiger partial charge in [0.1, 0.15) is 0 Å². The normalized spacial score (nSPS) is 17.7. The highest BCUT2D eigenvalue weighted by molar-refractivity contribution is 7.97. The van der Waals surface area contributed by atoms with Crippen molar-refractivity contribution in [3.63, 3.8) is 0 Å². The zero-order chi connectivity index (χ0) is 53.6. The van der Waals surface area contributed by atoms with Crippen LogP contribution in [0.3, 0.4) is 0 Å². The predicted octanol–water partition coefficient (Wildman–Crippen LogP) is 8.87. The lowest BCUT2D eigenvalue weighted by atomic mass is 9.84. The van der Waals surface area contributed by atoms with E-state index >= 15 is 0 Å². The monoisotopic (exact) mass is 1160 g/mol. The first-order valence-electron chi connectivity index (χ1n) is 25.5. The number of likely N-dealkylation sites (N-methyl/N-ethyl adjacent to an activating group) is 2. The van der Waals surface area contributed by atoms with Gasteiger partial charge in [0.2, 0.25) is 0 Å². The Morgan fingerprint density at radius 1 is 0.592 bits per heavy atom. The third-order valence-electron chi connectivity index (χ3n) is 13.4. The fourth-order valence-corrected chi connectivity index (χ4v) is 13.1. The van der Waals surface area contributed by atoms with Crippen molar-refractivity contribution in [2.24, 2.45) is 0 Å². The summed E-state index contributed by atoms with van der Waals surface area (Å²) < 4.78 is 53.1. The van der Waals surface area contributed by atoms with Crippen LogP contribution >= 0.6 is 58.4 Å². The molecule has 0 bridgehead atoms. The minimum atomic E-state index is -3.76. The van der Waals surface area contributed by atoms with Crippen molar-refractivity contribution in [2.75, 3.05) is 119 Å². The van der Waals surface area contributed by atoms with Crippen molar-refractivity contribution >= 4 is 92.6 Å². The smallest absolute Gasteiger partial charge is 0.314 e. The van der Waals surface area contributed by atoms with Crippen molar-refractivity contribution in [1.82, 2.24) is 39.7 Å². The molecule has 4 aromatic carbocycles. The average Bonchev–Trinajstić information content (AvgIpc) is 3.47. The number of unbranched alkanes of at least 4 members (excludes halogenated alkanes) is 1. The van der Waals surface area contributed by atoms with E-state index in [0.29, 0.717) is 92.6 Å². The highest BCUT2D eigenvalue weighted by Crippen LogP contribution is 2.42. The number of amides is 4. The molecule has 22 heteroatoms. The topological polar surface area (TPSA) is 166 Å². The van der Waals surface area contributed by atoms with Gasteiger partial charge in [-0.05, 0) is 144 Å². The van der Waals surface area contributed by atoms with Gasteiger partial charge in [0.15, 0.2) is 0 Å². The fourth-order valence-electron chi connectivity index (χ4n) is 9.62. The van der Waals surface area contributed by atoms with Gasteiger partial charge >= 0.3 is 12.1 Å². The first kappa shape index (κ1) is 57.9. The number of urea groups is 2. The van der Waals surface area contributed by atoms with Crippen LogP contribution in [0.4, 0.5) is 9.59 Å². The Morgan fingerprint density at radius 2 is 1.08 bits per heavy atom. The SMILES string of the molecule is CN1Cc2c(Cl)cc(Cl)cc2C(c2ccc3c(c2)C=CN(CCOCCOCCNC(=O)NCCCCNC(=O)NCCOCCOCCN2C=Cc4cc(C5CN(C)Cc6c(Cl)cc(Cl)cc65)ccc4S2(=O)=O)S3)C1. The maximum absolute atomic E-state index is 13.5. The van der Waals surface area contributed by atoms with Crippen molar-refractivity contribution in [2.45, 2.75) is 47.6 Å². The van der Waals surface area contributed by atoms with Crippen molar-refractivity contribution < 1.29 is 37.0 Å². The highest BCUT2D eigenvalue weighted by Gasteiger charge is 2.32. The summed E-state index contributed by atoms with van der Waals surface area (Å²) >= 11 is 27.6. The molecule has 4 amide bonds. The number of halogens is 4. The first-order chi connectivity index (χ1) is 36.7. The van der Waals surface area contributed by atoms with E-state index < -0.39 is 10.0 Å². The number of hydrogen-bond donors (Lipinski definition) is 4. The Bertz CT molecular complexity index is 2850. The summed E-state index contributed by atoms with van der Waals surface area (Å²) in [5, 5.41) is 13.7. The Morgan fingerprint density at radius 3 is 1.64 bits per heavy atom. The van der Waals surface area contributed by atoms with Gasteiger partial charge < -0.3 is 54.3 Å². The number of ether oxygens (including phenoxy) is 4. The molecule has 4 heterocycles. The van der Waals surface area contributed by atoms with Gasteiger partial charge in [-0.3, -0.25) is 4.31 Å². The number of rotatable bonds is 25. The van der Waals surface area contributed by atoms with E-state index in [9.17, 15) is 18.0 Å². The molecule has 4 aromatic rings. The number of fused-ring (bicyclic) bond motifs is 4. The second-order valence-electron chi connectivity index (χ2n) is 19.0. The summed E-state index contributed by atoms with van der Waals surface area (Å²) in [5.74, 6) is 0.185. The number of hydrogen-bond acceptors (Lipinski definition) is 12. The lowest BCUT2D eigenvalue weighted by Crippen LogP contribution is -2.39. The lowest BCUT2D eigenvalue weighted by Gasteiger charge is -2.34. The second kappa shape index (κ2) is 28.0. The van der Waals surface area contributed by atoms with Gasteiger partial charge in [-0.25, -0.2) is 18.0 Å². The largest absolute Gasteiger partial charge is 0.377 e. The van der Waals surface area contributed by atoms with E-state index in [-0.39, 0.29) is 61.8 Å². The number of nitrogens with one attached hydrogen (secondary N) is 4. The Kier molecular flexibility index (Phi) is 21.4.